The third kappa shape index (κ3) is 2.09. The summed E-state index contributed by atoms with van der Waals surface area (Å²) < 4.78 is 5.55. The highest BCUT2D eigenvalue weighted by atomic mass is 16.5. The summed E-state index contributed by atoms with van der Waals surface area (Å²) in [7, 11) is 0. The van der Waals surface area contributed by atoms with Crippen molar-refractivity contribution >= 4 is 0 Å². The molecule has 0 fully saturated rings. The van der Waals surface area contributed by atoms with Crippen molar-refractivity contribution in [3.8, 4) is 0 Å². The van der Waals surface area contributed by atoms with Gasteiger partial charge in [0.25, 0.3) is 0 Å². The Morgan fingerprint density at radius 1 is 1.19 bits per heavy atom. The first-order chi connectivity index (χ1) is 7.74. The smallest absolute Gasteiger partial charge is 0.0744 e. The van der Waals surface area contributed by atoms with Crippen LogP contribution in [-0.2, 0) is 24.4 Å². The van der Waals surface area contributed by atoms with Crippen molar-refractivity contribution in [2.45, 2.75) is 59.2 Å². The fraction of sp³-hybridized carbons (Fsp3) is 0.692. The number of aryl methyl sites for hydroxylation is 1. The Balaban J connectivity index is 2.33. The second-order valence-corrected chi connectivity index (χ2v) is 4.74. The molecule has 2 heterocycles. The van der Waals surface area contributed by atoms with Crippen molar-refractivity contribution < 1.29 is 4.74 Å². The Labute approximate surface area is 97.2 Å². The van der Waals surface area contributed by atoms with Crippen LogP contribution in [0.25, 0.3) is 0 Å². The monoisotopic (exact) mass is 220 g/mol. The Morgan fingerprint density at radius 2 is 1.94 bits per heavy atom. The molecule has 2 rings (SSSR count). The third-order valence-electron chi connectivity index (χ3n) is 3.11. The second kappa shape index (κ2) is 4.91. The number of unbranched alkanes of at least 4 members (excludes halogenated alkanes) is 1. The molecule has 0 bridgehead atoms. The molecule has 0 saturated carbocycles. The molecule has 3 heteroatoms. The summed E-state index contributed by atoms with van der Waals surface area (Å²) in [5.41, 5.74) is 4.88. The van der Waals surface area contributed by atoms with Crippen LogP contribution in [-0.4, -0.2) is 10.2 Å². The van der Waals surface area contributed by atoms with Crippen molar-refractivity contribution in [3.63, 3.8) is 0 Å². The zero-order chi connectivity index (χ0) is 11.5. The zero-order valence-electron chi connectivity index (χ0n) is 10.4. The van der Waals surface area contributed by atoms with Gasteiger partial charge < -0.3 is 4.74 Å². The van der Waals surface area contributed by atoms with Gasteiger partial charge in [-0.25, -0.2) is 0 Å². The van der Waals surface area contributed by atoms with Crippen molar-refractivity contribution in [2.24, 2.45) is 0 Å². The van der Waals surface area contributed by atoms with Gasteiger partial charge in [-0.15, -0.1) is 0 Å². The highest BCUT2D eigenvalue weighted by Gasteiger charge is 2.22. The maximum Gasteiger partial charge on any atom is 0.0744 e. The first kappa shape index (κ1) is 11.5. The fourth-order valence-corrected chi connectivity index (χ4v) is 2.16. The Kier molecular flexibility index (Phi) is 3.54. The minimum absolute atomic E-state index is 0.433. The van der Waals surface area contributed by atoms with E-state index in [1.807, 2.05) is 0 Å². The highest BCUT2D eigenvalue weighted by Crippen LogP contribution is 2.28. The number of rotatable bonds is 4. The van der Waals surface area contributed by atoms with Crippen LogP contribution in [0.15, 0.2) is 0 Å². The lowest BCUT2D eigenvalue weighted by atomic mass is 9.99. The highest BCUT2D eigenvalue weighted by molar-refractivity contribution is 5.35. The maximum absolute atomic E-state index is 5.55. The molecule has 0 aliphatic carbocycles. The van der Waals surface area contributed by atoms with Crippen LogP contribution in [0, 0.1) is 0 Å². The van der Waals surface area contributed by atoms with E-state index in [1.165, 1.54) is 24.0 Å². The molecule has 0 spiro atoms. The minimum atomic E-state index is 0.433. The molecule has 16 heavy (non-hydrogen) atoms. The normalized spacial score (nSPS) is 14.5. The molecular weight excluding hydrogens is 200 g/mol. The van der Waals surface area contributed by atoms with Crippen molar-refractivity contribution in [3.05, 3.63) is 22.5 Å². The largest absolute Gasteiger partial charge is 0.372 e. The first-order valence-corrected chi connectivity index (χ1v) is 6.19. The van der Waals surface area contributed by atoms with E-state index < -0.39 is 0 Å². The zero-order valence-corrected chi connectivity index (χ0v) is 10.4. The van der Waals surface area contributed by atoms with Gasteiger partial charge in [0.2, 0.25) is 0 Å². The van der Waals surface area contributed by atoms with Gasteiger partial charge in [-0.2, -0.15) is 10.2 Å². The van der Waals surface area contributed by atoms with Crippen LogP contribution in [0.3, 0.4) is 0 Å². The van der Waals surface area contributed by atoms with Gasteiger partial charge in [0, 0.05) is 11.1 Å². The quantitative estimate of drug-likeness (QED) is 0.782. The van der Waals surface area contributed by atoms with Crippen LogP contribution in [0.1, 0.15) is 62.0 Å². The summed E-state index contributed by atoms with van der Waals surface area (Å²) in [6, 6.07) is 0. The molecule has 1 aromatic heterocycles. The SMILES string of the molecule is CCCCc1nnc(C(C)C)c2c1COC2. The van der Waals surface area contributed by atoms with E-state index in [1.54, 1.807) is 0 Å². The van der Waals surface area contributed by atoms with E-state index in [-0.39, 0.29) is 0 Å². The van der Waals surface area contributed by atoms with Crippen molar-refractivity contribution in [1.29, 1.82) is 0 Å². The van der Waals surface area contributed by atoms with Gasteiger partial charge in [-0.05, 0) is 18.8 Å². The molecule has 3 nitrogen and oxygen atoms in total. The van der Waals surface area contributed by atoms with E-state index >= 15 is 0 Å². The van der Waals surface area contributed by atoms with E-state index in [0.717, 1.165) is 31.0 Å². The molecule has 0 amide bonds. The summed E-state index contributed by atoms with van der Waals surface area (Å²) in [6.45, 7) is 7.97. The second-order valence-electron chi connectivity index (χ2n) is 4.74. The number of nitrogens with zero attached hydrogens (tertiary/aromatic N) is 2. The number of fused-ring (bicyclic) bond motifs is 1. The van der Waals surface area contributed by atoms with E-state index in [2.05, 4.69) is 31.0 Å². The van der Waals surface area contributed by atoms with Gasteiger partial charge in [0.1, 0.15) is 0 Å². The molecule has 0 unspecified atom stereocenters. The fourth-order valence-electron chi connectivity index (χ4n) is 2.16. The van der Waals surface area contributed by atoms with E-state index in [0.29, 0.717) is 5.92 Å². The van der Waals surface area contributed by atoms with Crippen LogP contribution in [0.2, 0.25) is 0 Å². The average molecular weight is 220 g/mol. The van der Waals surface area contributed by atoms with Gasteiger partial charge in [-0.3, -0.25) is 0 Å². The Morgan fingerprint density at radius 3 is 2.62 bits per heavy atom. The van der Waals surface area contributed by atoms with E-state index in [4.69, 9.17) is 4.74 Å². The minimum Gasteiger partial charge on any atom is -0.372 e. The molecule has 0 radical (unpaired) electrons. The summed E-state index contributed by atoms with van der Waals surface area (Å²) in [5.74, 6) is 0.433. The van der Waals surface area contributed by atoms with Gasteiger partial charge in [0.05, 0.1) is 24.6 Å². The lowest BCUT2D eigenvalue weighted by Gasteiger charge is -2.11. The Bertz CT molecular complexity index is 374. The molecule has 1 aliphatic rings. The Hall–Kier alpha value is -0.960. The molecule has 0 saturated heterocycles. The molecule has 0 atom stereocenters. The molecule has 0 aromatic carbocycles. The number of aromatic nitrogens is 2. The van der Waals surface area contributed by atoms with Crippen LogP contribution in [0.5, 0.6) is 0 Å². The van der Waals surface area contributed by atoms with Gasteiger partial charge >= 0.3 is 0 Å². The number of hydrogen-bond donors (Lipinski definition) is 0. The summed E-state index contributed by atoms with van der Waals surface area (Å²) >= 11 is 0. The molecule has 1 aromatic rings. The predicted molar refractivity (Wildman–Crippen MR) is 63.2 cm³/mol. The predicted octanol–water partition coefficient (Wildman–Crippen LogP) is 2.97. The average Bonchev–Trinajstić information content (AvgIpc) is 2.74. The number of ether oxygens (including phenoxy) is 1. The van der Waals surface area contributed by atoms with Crippen LogP contribution >= 0.6 is 0 Å². The molecular formula is C13H20N2O. The lowest BCUT2D eigenvalue weighted by molar-refractivity contribution is 0.133. The van der Waals surface area contributed by atoms with Crippen LogP contribution in [0.4, 0.5) is 0 Å². The van der Waals surface area contributed by atoms with Gasteiger partial charge in [-0.1, -0.05) is 27.2 Å². The maximum atomic E-state index is 5.55. The standard InChI is InChI=1S/C13H20N2O/c1-4-5-6-12-10-7-16-8-11(10)13(9(2)3)15-14-12/h9H,4-8H2,1-3H3. The molecule has 88 valence electrons. The van der Waals surface area contributed by atoms with Gasteiger partial charge in [0.15, 0.2) is 0 Å². The molecule has 0 N–H and O–H groups in total. The lowest BCUT2D eigenvalue weighted by Crippen LogP contribution is -2.07. The van der Waals surface area contributed by atoms with Crippen molar-refractivity contribution in [1.82, 2.24) is 10.2 Å². The summed E-state index contributed by atoms with van der Waals surface area (Å²) in [6.07, 6.45) is 3.42. The summed E-state index contributed by atoms with van der Waals surface area (Å²) in [4.78, 5) is 0. The topological polar surface area (TPSA) is 35.0 Å². The van der Waals surface area contributed by atoms with Crippen molar-refractivity contribution in [2.75, 3.05) is 0 Å². The third-order valence-corrected chi connectivity index (χ3v) is 3.11. The molecule has 1 aliphatic heterocycles. The summed E-state index contributed by atoms with van der Waals surface area (Å²) in [5, 5.41) is 8.75. The van der Waals surface area contributed by atoms with Crippen LogP contribution < -0.4 is 0 Å². The number of hydrogen-bond acceptors (Lipinski definition) is 3. The first-order valence-electron chi connectivity index (χ1n) is 6.19. The van der Waals surface area contributed by atoms with E-state index in [9.17, 15) is 0 Å².